The van der Waals surface area contributed by atoms with E-state index in [1.165, 1.54) is 0 Å². The fourth-order valence-corrected chi connectivity index (χ4v) is 4.99. The zero-order valence-electron chi connectivity index (χ0n) is 24.5. The molecule has 4 aromatic carbocycles. The van der Waals surface area contributed by atoms with E-state index < -0.39 is 5.60 Å². The highest BCUT2D eigenvalue weighted by molar-refractivity contribution is 7.99. The van der Waals surface area contributed by atoms with Crippen LogP contribution in [0.15, 0.2) is 113 Å². The lowest BCUT2D eigenvalue weighted by Crippen LogP contribution is -2.37. The number of amides is 1. The Kier molecular flexibility index (Phi) is 10.7. The van der Waals surface area contributed by atoms with Gasteiger partial charge in [0.05, 0.1) is 12.2 Å². The van der Waals surface area contributed by atoms with Crippen LogP contribution in [0.1, 0.15) is 49.2 Å². The Morgan fingerprint density at radius 1 is 0.762 bits per heavy atom. The summed E-state index contributed by atoms with van der Waals surface area (Å²) < 4.78 is 16.8. The molecule has 6 nitrogen and oxygen atoms in total. The van der Waals surface area contributed by atoms with Crippen molar-refractivity contribution >= 4 is 23.8 Å². The van der Waals surface area contributed by atoms with Crippen molar-refractivity contribution in [2.45, 2.75) is 56.1 Å². The van der Waals surface area contributed by atoms with E-state index in [0.29, 0.717) is 43.2 Å². The van der Waals surface area contributed by atoms with Gasteiger partial charge in [-0.15, -0.1) is 0 Å². The van der Waals surface area contributed by atoms with E-state index in [-0.39, 0.29) is 12.1 Å². The summed E-state index contributed by atoms with van der Waals surface area (Å²) in [6.45, 7) is 8.79. The number of carbonyl (C=O) groups is 2. The van der Waals surface area contributed by atoms with E-state index in [1.54, 1.807) is 41.8 Å². The standard InChI is InChI=1S/C35H37NO5S/c1-5-39-33(37)28-13-9-14-29(23-28)40-30-15-10-16-32(24-30)42-31-19-17-26(18-20-31)21-22-36(34(38)41-35(2,3)4)25-27-11-7-6-8-12-27/h6-20,23-24H,5,21-22,25H2,1-4H3. The highest BCUT2D eigenvalue weighted by atomic mass is 32.2. The minimum absolute atomic E-state index is 0.312. The Hall–Kier alpha value is -4.23. The van der Waals surface area contributed by atoms with E-state index in [1.807, 2.05) is 81.4 Å². The number of nitrogens with zero attached hydrogens (tertiary/aromatic N) is 1. The number of esters is 1. The average molecular weight is 584 g/mol. The van der Waals surface area contributed by atoms with Crippen LogP contribution in [0.25, 0.3) is 0 Å². The van der Waals surface area contributed by atoms with Crippen molar-refractivity contribution in [2.24, 2.45) is 0 Å². The van der Waals surface area contributed by atoms with Crippen LogP contribution in [0, 0.1) is 0 Å². The van der Waals surface area contributed by atoms with Crippen molar-refractivity contribution in [1.29, 1.82) is 0 Å². The topological polar surface area (TPSA) is 65.1 Å². The monoisotopic (exact) mass is 583 g/mol. The molecule has 0 spiro atoms. The predicted octanol–water partition coefficient (Wildman–Crippen LogP) is 8.79. The summed E-state index contributed by atoms with van der Waals surface area (Å²) in [6, 6.07) is 33.1. The lowest BCUT2D eigenvalue weighted by atomic mass is 10.1. The van der Waals surface area contributed by atoms with E-state index in [4.69, 9.17) is 14.2 Å². The Labute approximate surface area is 252 Å². The quantitative estimate of drug-likeness (QED) is 0.164. The first-order valence-corrected chi connectivity index (χ1v) is 14.8. The van der Waals surface area contributed by atoms with Crippen LogP contribution in [-0.2, 0) is 22.4 Å². The maximum absolute atomic E-state index is 12.9. The number of rotatable bonds is 11. The second-order valence-corrected chi connectivity index (χ2v) is 11.9. The minimum Gasteiger partial charge on any atom is -0.462 e. The molecule has 0 fully saturated rings. The van der Waals surface area contributed by atoms with Crippen molar-refractivity contribution in [3.63, 3.8) is 0 Å². The molecule has 0 aliphatic carbocycles. The van der Waals surface area contributed by atoms with Gasteiger partial charge in [-0.05, 0) is 93.8 Å². The maximum atomic E-state index is 12.9. The summed E-state index contributed by atoms with van der Waals surface area (Å²) in [4.78, 5) is 28.9. The number of carbonyl (C=O) groups excluding carboxylic acids is 2. The summed E-state index contributed by atoms with van der Waals surface area (Å²) in [5.41, 5.74) is 2.10. The highest BCUT2D eigenvalue weighted by Gasteiger charge is 2.22. The normalized spacial score (nSPS) is 11.0. The van der Waals surface area contributed by atoms with Crippen LogP contribution in [0.3, 0.4) is 0 Å². The van der Waals surface area contributed by atoms with E-state index in [2.05, 4.69) is 24.3 Å². The SMILES string of the molecule is CCOC(=O)c1cccc(Oc2cccc(Sc3ccc(CCN(Cc4ccccc4)C(=O)OC(C)(C)C)cc3)c2)c1. The molecule has 0 atom stereocenters. The van der Waals surface area contributed by atoms with Crippen LogP contribution in [0.4, 0.5) is 4.79 Å². The molecule has 42 heavy (non-hydrogen) atoms. The molecule has 0 aliphatic heterocycles. The third kappa shape index (κ3) is 9.70. The third-order valence-electron chi connectivity index (χ3n) is 6.08. The summed E-state index contributed by atoms with van der Waals surface area (Å²) in [7, 11) is 0. The first-order chi connectivity index (χ1) is 20.2. The minimum atomic E-state index is -0.556. The molecule has 7 heteroatoms. The van der Waals surface area contributed by atoms with Gasteiger partial charge in [-0.25, -0.2) is 9.59 Å². The molecule has 0 saturated carbocycles. The van der Waals surface area contributed by atoms with Crippen molar-refractivity contribution in [3.8, 4) is 11.5 Å². The fourth-order valence-electron chi connectivity index (χ4n) is 4.13. The van der Waals surface area contributed by atoms with Crippen LogP contribution >= 0.6 is 11.8 Å². The zero-order valence-corrected chi connectivity index (χ0v) is 25.4. The number of hydrogen-bond donors (Lipinski definition) is 0. The number of benzene rings is 4. The van der Waals surface area contributed by atoms with Crippen molar-refractivity contribution in [2.75, 3.05) is 13.2 Å². The van der Waals surface area contributed by atoms with Gasteiger partial charge in [0.15, 0.2) is 0 Å². The molecule has 4 aromatic rings. The lowest BCUT2D eigenvalue weighted by molar-refractivity contribution is 0.0235. The molecule has 0 N–H and O–H groups in total. The largest absolute Gasteiger partial charge is 0.462 e. The molecular weight excluding hydrogens is 546 g/mol. The first-order valence-electron chi connectivity index (χ1n) is 14.0. The van der Waals surface area contributed by atoms with Crippen LogP contribution in [0.2, 0.25) is 0 Å². The Balaban J connectivity index is 1.37. The third-order valence-corrected chi connectivity index (χ3v) is 7.08. The second-order valence-electron chi connectivity index (χ2n) is 10.7. The van der Waals surface area contributed by atoms with Gasteiger partial charge in [-0.2, -0.15) is 0 Å². The van der Waals surface area contributed by atoms with Crippen LogP contribution in [-0.4, -0.2) is 35.7 Å². The molecule has 0 aliphatic rings. The molecule has 0 saturated heterocycles. The van der Waals surface area contributed by atoms with Gasteiger partial charge in [-0.3, -0.25) is 0 Å². The molecule has 1 amide bonds. The van der Waals surface area contributed by atoms with Crippen molar-refractivity contribution in [3.05, 3.63) is 120 Å². The predicted molar refractivity (Wildman–Crippen MR) is 166 cm³/mol. The zero-order chi connectivity index (χ0) is 30.0. The van der Waals surface area contributed by atoms with E-state index >= 15 is 0 Å². The Bertz CT molecular complexity index is 1460. The van der Waals surface area contributed by atoms with Gasteiger partial charge < -0.3 is 19.1 Å². The molecule has 218 valence electrons. The summed E-state index contributed by atoms with van der Waals surface area (Å²) >= 11 is 1.63. The smallest absolute Gasteiger partial charge is 0.410 e. The van der Waals surface area contributed by atoms with Gasteiger partial charge in [-0.1, -0.05) is 66.4 Å². The van der Waals surface area contributed by atoms with E-state index in [0.717, 1.165) is 20.9 Å². The molecular formula is C35H37NO5S. The van der Waals surface area contributed by atoms with E-state index in [9.17, 15) is 9.59 Å². The highest BCUT2D eigenvalue weighted by Crippen LogP contribution is 2.32. The van der Waals surface area contributed by atoms with Gasteiger partial charge in [0.25, 0.3) is 0 Å². The summed E-state index contributed by atoms with van der Waals surface area (Å²) in [6.07, 6.45) is 0.402. The van der Waals surface area contributed by atoms with Gasteiger partial charge >= 0.3 is 12.1 Å². The molecule has 4 rings (SSSR count). The average Bonchev–Trinajstić information content (AvgIpc) is 2.96. The van der Waals surface area contributed by atoms with Gasteiger partial charge in [0.1, 0.15) is 17.1 Å². The van der Waals surface area contributed by atoms with Crippen molar-refractivity contribution < 1.29 is 23.8 Å². The number of hydrogen-bond acceptors (Lipinski definition) is 6. The Morgan fingerprint density at radius 2 is 1.45 bits per heavy atom. The molecule has 0 radical (unpaired) electrons. The van der Waals surface area contributed by atoms with Crippen molar-refractivity contribution in [1.82, 2.24) is 4.90 Å². The van der Waals surface area contributed by atoms with Gasteiger partial charge in [0, 0.05) is 22.9 Å². The second kappa shape index (κ2) is 14.6. The maximum Gasteiger partial charge on any atom is 0.410 e. The van der Waals surface area contributed by atoms with Crippen LogP contribution in [0.5, 0.6) is 11.5 Å². The number of ether oxygens (including phenoxy) is 3. The van der Waals surface area contributed by atoms with Gasteiger partial charge in [0.2, 0.25) is 0 Å². The molecule has 0 unspecified atom stereocenters. The first kappa shape index (κ1) is 30.7. The summed E-state index contributed by atoms with van der Waals surface area (Å²) in [5, 5.41) is 0. The fraction of sp³-hybridized carbons (Fsp3) is 0.257. The Morgan fingerprint density at radius 3 is 2.14 bits per heavy atom. The molecule has 0 heterocycles. The molecule has 0 bridgehead atoms. The lowest BCUT2D eigenvalue weighted by Gasteiger charge is -2.27. The summed E-state index contributed by atoms with van der Waals surface area (Å²) in [5.74, 6) is 0.877. The van der Waals surface area contributed by atoms with Crippen LogP contribution < -0.4 is 4.74 Å². The molecule has 0 aromatic heterocycles.